The third-order valence-electron chi connectivity index (χ3n) is 4.37. The van der Waals surface area contributed by atoms with Crippen LogP contribution in [0, 0.1) is 0 Å². The molecular formula is C17H28F3N5O2. The van der Waals surface area contributed by atoms with Crippen LogP contribution in [-0.2, 0) is 11.3 Å². The summed E-state index contributed by atoms with van der Waals surface area (Å²) in [4.78, 5) is 20.1. The van der Waals surface area contributed by atoms with Crippen LogP contribution in [0.4, 0.5) is 18.0 Å². The lowest BCUT2D eigenvalue weighted by molar-refractivity contribution is -0.174. The van der Waals surface area contributed by atoms with Crippen molar-refractivity contribution in [3.05, 3.63) is 18.7 Å². The van der Waals surface area contributed by atoms with Gasteiger partial charge in [0.2, 0.25) is 0 Å². The molecule has 0 saturated carbocycles. The summed E-state index contributed by atoms with van der Waals surface area (Å²) in [5.41, 5.74) is 0. The Morgan fingerprint density at radius 2 is 1.89 bits per heavy atom. The quantitative estimate of drug-likeness (QED) is 0.620. The molecule has 1 aromatic rings. The lowest BCUT2D eigenvalue weighted by atomic mass is 10.3. The van der Waals surface area contributed by atoms with Crippen molar-refractivity contribution in [2.75, 3.05) is 52.5 Å². The van der Waals surface area contributed by atoms with Crippen molar-refractivity contribution in [1.82, 2.24) is 24.7 Å². The maximum atomic E-state index is 12.1. The Labute approximate surface area is 157 Å². The number of aryl methyl sites for hydroxylation is 1. The van der Waals surface area contributed by atoms with Gasteiger partial charge in [-0.25, -0.2) is 9.78 Å². The van der Waals surface area contributed by atoms with Crippen LogP contribution in [0.2, 0.25) is 0 Å². The van der Waals surface area contributed by atoms with E-state index in [-0.39, 0.29) is 12.6 Å². The predicted octanol–water partition coefficient (Wildman–Crippen LogP) is 1.96. The molecule has 2 amide bonds. The normalized spacial score (nSPS) is 15.9. The number of nitrogens with one attached hydrogen (secondary N) is 1. The first-order valence-electron chi connectivity index (χ1n) is 9.29. The van der Waals surface area contributed by atoms with Crippen LogP contribution in [0.15, 0.2) is 18.7 Å². The van der Waals surface area contributed by atoms with Gasteiger partial charge in [0.1, 0.15) is 6.61 Å². The van der Waals surface area contributed by atoms with E-state index in [4.69, 9.17) is 0 Å². The van der Waals surface area contributed by atoms with Gasteiger partial charge < -0.3 is 19.5 Å². The summed E-state index contributed by atoms with van der Waals surface area (Å²) < 4.78 is 42.5. The van der Waals surface area contributed by atoms with Gasteiger partial charge in [-0.15, -0.1) is 0 Å². The zero-order valence-electron chi connectivity index (χ0n) is 15.5. The topological polar surface area (TPSA) is 62.6 Å². The maximum Gasteiger partial charge on any atom is 0.411 e. The van der Waals surface area contributed by atoms with Crippen LogP contribution in [0.5, 0.6) is 0 Å². The molecule has 0 aliphatic carbocycles. The van der Waals surface area contributed by atoms with Crippen LogP contribution >= 0.6 is 0 Å². The maximum absolute atomic E-state index is 12.1. The average molecular weight is 391 g/mol. The van der Waals surface area contributed by atoms with Crippen molar-refractivity contribution < 1.29 is 22.7 Å². The second-order valence-corrected chi connectivity index (χ2v) is 6.59. The fraction of sp³-hybridized carbons (Fsp3) is 0.765. The van der Waals surface area contributed by atoms with Gasteiger partial charge in [0.25, 0.3) is 0 Å². The van der Waals surface area contributed by atoms with Crippen LogP contribution in [0.25, 0.3) is 0 Å². The van der Waals surface area contributed by atoms with Gasteiger partial charge in [0, 0.05) is 64.8 Å². The van der Waals surface area contributed by atoms with E-state index in [2.05, 4.69) is 19.9 Å². The largest absolute Gasteiger partial charge is 0.411 e. The van der Waals surface area contributed by atoms with Crippen LogP contribution < -0.4 is 5.32 Å². The van der Waals surface area contributed by atoms with Gasteiger partial charge >= 0.3 is 12.2 Å². The van der Waals surface area contributed by atoms with Crippen molar-refractivity contribution in [3.63, 3.8) is 0 Å². The number of ether oxygens (including phenoxy) is 1. The number of hydrogen-bond donors (Lipinski definition) is 1. The number of alkyl halides is 3. The number of aromatic nitrogens is 2. The van der Waals surface area contributed by atoms with Crippen LogP contribution in [-0.4, -0.2) is 84.0 Å². The Balaban J connectivity index is 1.47. The highest BCUT2D eigenvalue weighted by Gasteiger charge is 2.27. The number of imidazole rings is 1. The first kappa shape index (κ1) is 21.5. The van der Waals surface area contributed by atoms with Crippen molar-refractivity contribution in [2.45, 2.75) is 32.0 Å². The third-order valence-corrected chi connectivity index (χ3v) is 4.37. The van der Waals surface area contributed by atoms with E-state index >= 15 is 0 Å². The number of urea groups is 1. The predicted molar refractivity (Wildman–Crippen MR) is 94.4 cm³/mol. The molecule has 154 valence electrons. The van der Waals surface area contributed by atoms with E-state index < -0.39 is 12.8 Å². The molecule has 10 heteroatoms. The minimum Gasteiger partial charge on any atom is -0.372 e. The first-order chi connectivity index (χ1) is 12.9. The molecule has 1 fully saturated rings. The second-order valence-electron chi connectivity index (χ2n) is 6.59. The van der Waals surface area contributed by atoms with Gasteiger partial charge in [-0.1, -0.05) is 0 Å². The molecule has 2 heterocycles. The molecular weight excluding hydrogens is 363 g/mol. The summed E-state index contributed by atoms with van der Waals surface area (Å²) in [6.45, 7) is 3.84. The summed E-state index contributed by atoms with van der Waals surface area (Å²) in [5.74, 6) is 0. The summed E-state index contributed by atoms with van der Waals surface area (Å²) in [6, 6.07) is -0.0502. The first-order valence-corrected chi connectivity index (χ1v) is 9.29. The van der Waals surface area contributed by atoms with E-state index in [0.717, 1.165) is 32.5 Å². The monoisotopic (exact) mass is 391 g/mol. The van der Waals surface area contributed by atoms with Crippen molar-refractivity contribution in [1.29, 1.82) is 0 Å². The molecule has 27 heavy (non-hydrogen) atoms. The van der Waals surface area contributed by atoms with Crippen molar-refractivity contribution in [2.24, 2.45) is 0 Å². The average Bonchev–Trinajstić information content (AvgIpc) is 3.14. The number of hydrogen-bond acceptors (Lipinski definition) is 4. The van der Waals surface area contributed by atoms with Gasteiger partial charge in [-0.3, -0.25) is 4.90 Å². The van der Waals surface area contributed by atoms with Crippen molar-refractivity contribution in [3.8, 4) is 0 Å². The zero-order valence-corrected chi connectivity index (χ0v) is 15.5. The minimum absolute atomic E-state index is 0.0502. The van der Waals surface area contributed by atoms with E-state index in [1.165, 1.54) is 0 Å². The molecule has 1 N–H and O–H groups in total. The van der Waals surface area contributed by atoms with Gasteiger partial charge in [0.05, 0.1) is 6.33 Å². The summed E-state index contributed by atoms with van der Waals surface area (Å²) in [5, 5.41) is 2.94. The van der Waals surface area contributed by atoms with E-state index in [0.29, 0.717) is 32.6 Å². The third kappa shape index (κ3) is 9.09. The lowest BCUT2D eigenvalue weighted by Gasteiger charge is -2.34. The Bertz CT molecular complexity index is 531. The summed E-state index contributed by atoms with van der Waals surface area (Å²) >= 11 is 0. The summed E-state index contributed by atoms with van der Waals surface area (Å²) in [7, 11) is 0. The number of amides is 2. The molecule has 1 aliphatic rings. The Morgan fingerprint density at radius 3 is 2.56 bits per heavy atom. The molecule has 0 aromatic carbocycles. The van der Waals surface area contributed by atoms with Crippen LogP contribution in [0.3, 0.4) is 0 Å². The zero-order chi connectivity index (χ0) is 19.5. The number of nitrogens with zero attached hydrogens (tertiary/aromatic N) is 4. The van der Waals surface area contributed by atoms with Crippen LogP contribution in [0.1, 0.15) is 19.3 Å². The molecule has 1 aromatic heterocycles. The number of carbonyl (C=O) groups is 1. The van der Waals surface area contributed by atoms with Gasteiger partial charge in [-0.05, 0) is 19.3 Å². The SMILES string of the molecule is O=C(NCCCCn1ccnc1)N1CCN(CCCOCC(F)(F)F)CC1. The van der Waals surface area contributed by atoms with Gasteiger partial charge in [-0.2, -0.15) is 13.2 Å². The number of rotatable bonds is 10. The molecule has 0 atom stereocenters. The molecule has 7 nitrogen and oxygen atoms in total. The molecule has 0 spiro atoms. The molecule has 2 rings (SSSR count). The highest BCUT2D eigenvalue weighted by Crippen LogP contribution is 2.14. The fourth-order valence-corrected chi connectivity index (χ4v) is 2.90. The molecule has 0 unspecified atom stereocenters. The Kier molecular flexibility index (Phi) is 8.86. The van der Waals surface area contributed by atoms with Gasteiger partial charge in [0.15, 0.2) is 0 Å². The number of carbonyl (C=O) groups excluding carboxylic acids is 1. The molecule has 0 radical (unpaired) electrons. The smallest absolute Gasteiger partial charge is 0.372 e. The Hall–Kier alpha value is -1.81. The highest BCUT2D eigenvalue weighted by molar-refractivity contribution is 5.74. The molecule has 1 aliphatic heterocycles. The minimum atomic E-state index is -4.27. The number of unbranched alkanes of at least 4 members (excludes halogenated alkanes) is 1. The molecule has 0 bridgehead atoms. The Morgan fingerprint density at radius 1 is 1.11 bits per heavy atom. The molecule has 1 saturated heterocycles. The highest BCUT2D eigenvalue weighted by atomic mass is 19.4. The lowest BCUT2D eigenvalue weighted by Crippen LogP contribution is -2.52. The number of halogens is 3. The second kappa shape index (κ2) is 11.1. The standard InChI is InChI=1S/C17H28F3N5O2/c18-17(19,20)14-27-13-3-7-23-9-11-25(12-10-23)16(26)22-4-1-2-6-24-8-5-21-15-24/h5,8,15H,1-4,6-7,9-14H2,(H,22,26). The fourth-order valence-electron chi connectivity index (χ4n) is 2.90. The van der Waals surface area contributed by atoms with E-state index in [1.54, 1.807) is 17.4 Å². The van der Waals surface area contributed by atoms with E-state index in [9.17, 15) is 18.0 Å². The van der Waals surface area contributed by atoms with Crippen molar-refractivity contribution >= 4 is 6.03 Å². The number of piperazine rings is 1. The summed E-state index contributed by atoms with van der Waals surface area (Å²) in [6.07, 6.45) is 3.61. The van der Waals surface area contributed by atoms with E-state index in [1.807, 2.05) is 10.8 Å².